The van der Waals surface area contributed by atoms with Gasteiger partial charge in [0, 0.05) is 29.8 Å². The summed E-state index contributed by atoms with van der Waals surface area (Å²) in [5, 5.41) is 14.3. The molecule has 0 radical (unpaired) electrons. The van der Waals surface area contributed by atoms with E-state index in [9.17, 15) is 9.59 Å². The highest BCUT2D eigenvalue weighted by Crippen LogP contribution is 2.27. The van der Waals surface area contributed by atoms with Crippen molar-refractivity contribution in [1.29, 1.82) is 0 Å². The molecule has 0 aromatic heterocycles. The number of amides is 2. The number of anilines is 1. The van der Waals surface area contributed by atoms with Crippen LogP contribution in [0.2, 0.25) is 0 Å². The summed E-state index contributed by atoms with van der Waals surface area (Å²) in [4.78, 5) is 24.2. The average molecular weight is 320 g/mol. The Bertz CT molecular complexity index is 522. The van der Waals surface area contributed by atoms with E-state index in [4.69, 9.17) is 5.11 Å². The molecule has 23 heavy (non-hydrogen) atoms. The monoisotopic (exact) mass is 320 g/mol. The Morgan fingerprint density at radius 3 is 2.30 bits per heavy atom. The van der Waals surface area contributed by atoms with Gasteiger partial charge in [-0.3, -0.25) is 9.59 Å². The van der Waals surface area contributed by atoms with E-state index in [1.54, 1.807) is 24.3 Å². The lowest BCUT2D eigenvalue weighted by Crippen LogP contribution is -2.32. The lowest BCUT2D eigenvalue weighted by atomic mass is 9.83. The summed E-state index contributed by atoms with van der Waals surface area (Å²) in [5.74, 6) is 0.239. The van der Waals surface area contributed by atoms with Crippen LogP contribution in [-0.4, -0.2) is 30.1 Å². The smallest absolute Gasteiger partial charge is 0.251 e. The molecule has 0 aliphatic rings. The first-order valence-electron chi connectivity index (χ1n) is 8.07. The molecule has 128 valence electrons. The first-order valence-corrected chi connectivity index (χ1v) is 8.07. The fourth-order valence-corrected chi connectivity index (χ4v) is 2.50. The molecule has 0 atom stereocenters. The van der Waals surface area contributed by atoms with Crippen molar-refractivity contribution in [2.24, 2.45) is 11.3 Å². The predicted octanol–water partition coefficient (Wildman–Crippen LogP) is 2.81. The Kier molecular flexibility index (Phi) is 7.23. The van der Waals surface area contributed by atoms with Crippen molar-refractivity contribution in [2.75, 3.05) is 18.5 Å². The zero-order valence-corrected chi connectivity index (χ0v) is 14.5. The summed E-state index contributed by atoms with van der Waals surface area (Å²) >= 11 is 0. The van der Waals surface area contributed by atoms with Crippen LogP contribution >= 0.6 is 0 Å². The number of rotatable bonds is 8. The Balaban J connectivity index is 2.63. The minimum absolute atomic E-state index is 0.0219. The molecular formula is C18H28N2O3. The Morgan fingerprint density at radius 2 is 1.78 bits per heavy atom. The summed E-state index contributed by atoms with van der Waals surface area (Å²) in [6.07, 6.45) is 1.34. The predicted molar refractivity (Wildman–Crippen MR) is 92.3 cm³/mol. The molecule has 0 spiro atoms. The highest BCUT2D eigenvalue weighted by molar-refractivity contribution is 5.97. The van der Waals surface area contributed by atoms with Crippen molar-refractivity contribution in [1.82, 2.24) is 5.32 Å². The molecule has 0 unspecified atom stereocenters. The molecule has 0 heterocycles. The van der Waals surface area contributed by atoms with Crippen molar-refractivity contribution in [2.45, 2.75) is 40.5 Å². The second-order valence-corrected chi connectivity index (χ2v) is 6.85. The fraction of sp³-hybridized carbons (Fsp3) is 0.556. The molecule has 1 aromatic rings. The SMILES string of the molecule is CC(C)CC(C)(C)C(=O)Nc1ccc(C(=O)NCCCO)cc1. The van der Waals surface area contributed by atoms with Crippen molar-refractivity contribution in [3.05, 3.63) is 29.8 Å². The van der Waals surface area contributed by atoms with Gasteiger partial charge in [0.2, 0.25) is 5.91 Å². The van der Waals surface area contributed by atoms with E-state index in [2.05, 4.69) is 24.5 Å². The standard InChI is InChI=1S/C18H28N2O3/c1-13(2)12-18(3,4)17(23)20-15-8-6-14(7-9-15)16(22)19-10-5-11-21/h6-9,13,21H,5,10-12H2,1-4H3,(H,19,22)(H,20,23). The van der Waals surface area contributed by atoms with Crippen molar-refractivity contribution >= 4 is 17.5 Å². The van der Waals surface area contributed by atoms with Gasteiger partial charge < -0.3 is 15.7 Å². The summed E-state index contributed by atoms with van der Waals surface area (Å²) in [6, 6.07) is 6.81. The maximum Gasteiger partial charge on any atom is 0.251 e. The van der Waals surface area contributed by atoms with Gasteiger partial charge in [0.25, 0.3) is 5.91 Å². The van der Waals surface area contributed by atoms with Gasteiger partial charge in [0.1, 0.15) is 0 Å². The van der Waals surface area contributed by atoms with Gasteiger partial charge in [-0.15, -0.1) is 0 Å². The highest BCUT2D eigenvalue weighted by atomic mass is 16.3. The van der Waals surface area contributed by atoms with Crippen molar-refractivity contribution in [3.8, 4) is 0 Å². The lowest BCUT2D eigenvalue weighted by Gasteiger charge is -2.25. The number of hydrogen-bond acceptors (Lipinski definition) is 3. The van der Waals surface area contributed by atoms with Crippen molar-refractivity contribution < 1.29 is 14.7 Å². The van der Waals surface area contributed by atoms with E-state index in [0.29, 0.717) is 30.1 Å². The molecule has 0 saturated carbocycles. The maximum absolute atomic E-state index is 12.3. The van der Waals surface area contributed by atoms with E-state index in [-0.39, 0.29) is 18.4 Å². The molecule has 3 N–H and O–H groups in total. The second kappa shape index (κ2) is 8.67. The van der Waals surface area contributed by atoms with E-state index < -0.39 is 5.41 Å². The van der Waals surface area contributed by atoms with Crippen LogP contribution in [0.5, 0.6) is 0 Å². The number of aliphatic hydroxyl groups excluding tert-OH is 1. The number of nitrogens with one attached hydrogen (secondary N) is 2. The molecule has 5 heteroatoms. The number of benzene rings is 1. The van der Waals surface area contributed by atoms with E-state index >= 15 is 0 Å². The minimum atomic E-state index is -0.436. The largest absolute Gasteiger partial charge is 0.396 e. The highest BCUT2D eigenvalue weighted by Gasteiger charge is 2.28. The topological polar surface area (TPSA) is 78.4 Å². The van der Waals surface area contributed by atoms with Gasteiger partial charge in [-0.25, -0.2) is 0 Å². The van der Waals surface area contributed by atoms with Gasteiger partial charge in [-0.2, -0.15) is 0 Å². The van der Waals surface area contributed by atoms with Crippen LogP contribution in [0.15, 0.2) is 24.3 Å². The first-order chi connectivity index (χ1) is 10.8. The van der Waals surface area contributed by atoms with Gasteiger partial charge in [-0.1, -0.05) is 27.7 Å². The number of carbonyl (C=O) groups excluding carboxylic acids is 2. The van der Waals surface area contributed by atoms with Crippen LogP contribution in [0, 0.1) is 11.3 Å². The normalized spacial score (nSPS) is 11.4. The van der Waals surface area contributed by atoms with Gasteiger partial charge in [0.15, 0.2) is 0 Å². The molecule has 1 rings (SSSR count). The molecule has 5 nitrogen and oxygen atoms in total. The van der Waals surface area contributed by atoms with Crippen LogP contribution in [-0.2, 0) is 4.79 Å². The molecule has 0 aliphatic heterocycles. The quantitative estimate of drug-likeness (QED) is 0.645. The Labute approximate surface area is 138 Å². The molecule has 0 fully saturated rings. The molecule has 1 aromatic carbocycles. The third-order valence-corrected chi connectivity index (χ3v) is 3.56. The van der Waals surface area contributed by atoms with Crippen LogP contribution in [0.1, 0.15) is 50.9 Å². The van der Waals surface area contributed by atoms with Crippen LogP contribution in [0.25, 0.3) is 0 Å². The summed E-state index contributed by atoms with van der Waals surface area (Å²) in [6.45, 7) is 8.56. The zero-order chi connectivity index (χ0) is 17.5. The van der Waals surface area contributed by atoms with Crippen LogP contribution < -0.4 is 10.6 Å². The first kappa shape index (κ1) is 19.2. The number of carbonyl (C=O) groups is 2. The average Bonchev–Trinajstić information content (AvgIpc) is 2.46. The third kappa shape index (κ3) is 6.40. The third-order valence-electron chi connectivity index (χ3n) is 3.56. The summed E-state index contributed by atoms with van der Waals surface area (Å²) < 4.78 is 0. The second-order valence-electron chi connectivity index (χ2n) is 6.85. The molecular weight excluding hydrogens is 292 g/mol. The fourth-order valence-electron chi connectivity index (χ4n) is 2.50. The van der Waals surface area contributed by atoms with Gasteiger partial charge in [-0.05, 0) is 43.0 Å². The molecule has 0 aliphatic carbocycles. The van der Waals surface area contributed by atoms with E-state index in [1.807, 2.05) is 13.8 Å². The molecule has 0 bridgehead atoms. The van der Waals surface area contributed by atoms with Crippen LogP contribution in [0.3, 0.4) is 0 Å². The van der Waals surface area contributed by atoms with Crippen LogP contribution in [0.4, 0.5) is 5.69 Å². The lowest BCUT2D eigenvalue weighted by molar-refractivity contribution is -0.124. The summed E-state index contributed by atoms with van der Waals surface area (Å²) in [7, 11) is 0. The maximum atomic E-state index is 12.3. The minimum Gasteiger partial charge on any atom is -0.396 e. The van der Waals surface area contributed by atoms with E-state index in [1.165, 1.54) is 0 Å². The van der Waals surface area contributed by atoms with Crippen molar-refractivity contribution in [3.63, 3.8) is 0 Å². The Morgan fingerprint density at radius 1 is 1.17 bits per heavy atom. The molecule has 2 amide bonds. The van der Waals surface area contributed by atoms with Gasteiger partial charge in [0.05, 0.1) is 0 Å². The summed E-state index contributed by atoms with van der Waals surface area (Å²) in [5.41, 5.74) is 0.773. The molecule has 0 saturated heterocycles. The number of hydrogen-bond donors (Lipinski definition) is 3. The van der Waals surface area contributed by atoms with E-state index in [0.717, 1.165) is 6.42 Å². The number of aliphatic hydroxyl groups is 1. The Hall–Kier alpha value is -1.88. The zero-order valence-electron chi connectivity index (χ0n) is 14.5. The van der Waals surface area contributed by atoms with Gasteiger partial charge >= 0.3 is 0 Å².